The molecule has 3 aromatic carbocycles. The highest BCUT2D eigenvalue weighted by atomic mass is 16.6. The third-order valence-electron chi connectivity index (χ3n) is 8.24. The molecule has 13 nitrogen and oxygen atoms in total. The van der Waals surface area contributed by atoms with E-state index in [0.29, 0.717) is 0 Å². The second-order valence-electron chi connectivity index (χ2n) is 10.8. The summed E-state index contributed by atoms with van der Waals surface area (Å²) in [5.41, 5.74) is 0.414. The number of carbonyl (C=O) groups is 1. The predicted octanol–water partition coefficient (Wildman–Crippen LogP) is 0.996. The average molecular weight is 580 g/mol. The van der Waals surface area contributed by atoms with Crippen LogP contribution in [0, 0.1) is 0 Å². The summed E-state index contributed by atoms with van der Waals surface area (Å²) in [6, 6.07) is 5.69. The van der Waals surface area contributed by atoms with Crippen molar-refractivity contribution in [1.29, 1.82) is 0 Å². The number of hydrogen-bond acceptors (Lipinski definition) is 13. The van der Waals surface area contributed by atoms with Gasteiger partial charge in [0.15, 0.2) is 17.6 Å². The molecule has 2 unspecified atom stereocenters. The van der Waals surface area contributed by atoms with Gasteiger partial charge >= 0.3 is 0 Å². The third-order valence-corrected chi connectivity index (χ3v) is 8.24. The van der Waals surface area contributed by atoms with Crippen LogP contribution in [0.15, 0.2) is 42.0 Å². The maximum atomic E-state index is 13.2. The first-order chi connectivity index (χ1) is 19.9. The van der Waals surface area contributed by atoms with Crippen molar-refractivity contribution in [3.8, 4) is 51.7 Å². The lowest BCUT2D eigenvalue weighted by molar-refractivity contribution is -0.163. The van der Waals surface area contributed by atoms with Crippen molar-refractivity contribution in [2.75, 3.05) is 0 Å². The Morgan fingerprint density at radius 3 is 1.88 bits per heavy atom. The summed E-state index contributed by atoms with van der Waals surface area (Å²) in [7, 11) is 0. The molecule has 42 heavy (non-hydrogen) atoms. The van der Waals surface area contributed by atoms with E-state index < -0.39 is 59.2 Å². The maximum absolute atomic E-state index is 13.2. The Balaban J connectivity index is 1.36. The number of phenols is 6. The van der Waals surface area contributed by atoms with Crippen LogP contribution in [0.2, 0.25) is 0 Å². The standard InChI is InChI=1S/C29H24O13/c30-9-1-15(32)11-5-18(35)26(40-20(11)3-9)13-7-17(34)25(38)28-23(13)24-14(8-22(37)29(24,39)42-28)27-19(36)6-12-16(33)2-10(31)4-21(12)41-27/h1-4,7-8,18-19,24,26-27,30-36,38-39H,5-6H2/t18-,19-,24?,26-,27-,29?/m1/s1. The molecule has 3 heterocycles. The highest BCUT2D eigenvalue weighted by molar-refractivity contribution is 6.03. The number of fused-ring (bicyclic) bond motifs is 5. The molecule has 0 bridgehead atoms. The molecule has 7 rings (SSSR count). The van der Waals surface area contributed by atoms with Crippen LogP contribution in [0.4, 0.5) is 0 Å². The molecule has 0 radical (unpaired) electrons. The number of ketones is 1. The number of ether oxygens (including phenoxy) is 3. The predicted molar refractivity (Wildman–Crippen MR) is 138 cm³/mol. The second kappa shape index (κ2) is 8.58. The van der Waals surface area contributed by atoms with Crippen LogP contribution in [0.5, 0.6) is 51.7 Å². The molecule has 0 saturated carbocycles. The summed E-state index contributed by atoms with van der Waals surface area (Å²) < 4.78 is 17.5. The fraction of sp³-hybridized carbons (Fsp3) is 0.276. The van der Waals surface area contributed by atoms with Gasteiger partial charge in [0, 0.05) is 59.4 Å². The van der Waals surface area contributed by atoms with Crippen molar-refractivity contribution in [2.24, 2.45) is 0 Å². The number of aromatic hydroxyl groups is 6. The molecule has 0 spiro atoms. The number of benzene rings is 3. The molecular weight excluding hydrogens is 556 g/mol. The lowest BCUT2D eigenvalue weighted by Crippen LogP contribution is -2.45. The Morgan fingerprint density at radius 2 is 1.29 bits per heavy atom. The van der Waals surface area contributed by atoms with Gasteiger partial charge in [0.25, 0.3) is 5.79 Å². The summed E-state index contributed by atoms with van der Waals surface area (Å²) in [5.74, 6) is -8.17. The molecule has 0 saturated heterocycles. The number of aliphatic hydroxyl groups is 3. The molecule has 9 N–H and O–H groups in total. The van der Waals surface area contributed by atoms with E-state index in [0.717, 1.165) is 24.3 Å². The summed E-state index contributed by atoms with van der Waals surface area (Å²) in [4.78, 5) is 13.2. The molecule has 3 aliphatic heterocycles. The Labute approximate surface area is 235 Å². The molecular formula is C29H24O13. The zero-order chi connectivity index (χ0) is 29.8. The van der Waals surface area contributed by atoms with E-state index in [1.54, 1.807) is 0 Å². The largest absolute Gasteiger partial charge is 0.508 e. The van der Waals surface area contributed by atoms with E-state index >= 15 is 0 Å². The van der Waals surface area contributed by atoms with Crippen LogP contribution in [0.1, 0.15) is 34.3 Å². The van der Waals surface area contributed by atoms with Crippen LogP contribution < -0.4 is 14.2 Å². The zero-order valence-electron chi connectivity index (χ0n) is 21.4. The SMILES string of the molecule is O=C1C=C([C@H]2Oc3cc(O)cc(O)c3C[C@H]2O)C2c3c([C@H]4Oc5cc(O)cc(O)c5C[C@H]4O)cc(O)c(O)c3OC12O. The second-order valence-corrected chi connectivity index (χ2v) is 10.8. The Bertz CT molecular complexity index is 1730. The monoisotopic (exact) mass is 580 g/mol. The van der Waals surface area contributed by atoms with Gasteiger partial charge in [-0.3, -0.25) is 4.79 Å². The lowest BCUT2D eigenvalue weighted by atomic mass is 9.79. The first-order valence-electron chi connectivity index (χ1n) is 12.9. The smallest absolute Gasteiger partial charge is 0.283 e. The summed E-state index contributed by atoms with van der Waals surface area (Å²) >= 11 is 0. The molecule has 218 valence electrons. The van der Waals surface area contributed by atoms with Crippen LogP contribution in [0.25, 0.3) is 0 Å². The molecule has 6 atom stereocenters. The molecule has 4 aliphatic rings. The minimum atomic E-state index is -2.63. The minimum Gasteiger partial charge on any atom is -0.508 e. The Kier molecular flexibility index (Phi) is 5.33. The first-order valence-corrected chi connectivity index (χ1v) is 12.9. The van der Waals surface area contributed by atoms with Crippen molar-refractivity contribution in [3.63, 3.8) is 0 Å². The summed E-state index contributed by atoms with van der Waals surface area (Å²) in [5, 5.41) is 95.4. The molecule has 0 fully saturated rings. The van der Waals surface area contributed by atoms with E-state index in [4.69, 9.17) is 14.2 Å². The molecule has 0 amide bonds. The van der Waals surface area contributed by atoms with E-state index in [1.807, 2.05) is 0 Å². The minimum absolute atomic E-state index is 0.00351. The fourth-order valence-corrected chi connectivity index (χ4v) is 6.36. The van der Waals surface area contributed by atoms with Crippen molar-refractivity contribution < 1.29 is 65.0 Å². The number of hydrogen-bond donors (Lipinski definition) is 9. The van der Waals surface area contributed by atoms with Crippen LogP contribution in [0.3, 0.4) is 0 Å². The number of phenolic OH excluding ortho intramolecular Hbond substituents is 6. The van der Waals surface area contributed by atoms with Gasteiger partial charge in [-0.1, -0.05) is 0 Å². The highest BCUT2D eigenvalue weighted by Gasteiger charge is 2.62. The molecule has 3 aromatic rings. The third kappa shape index (κ3) is 3.50. The van der Waals surface area contributed by atoms with E-state index in [1.165, 1.54) is 12.1 Å². The summed E-state index contributed by atoms with van der Waals surface area (Å²) in [6.45, 7) is 0. The van der Waals surface area contributed by atoms with Crippen molar-refractivity contribution in [1.82, 2.24) is 0 Å². The van der Waals surface area contributed by atoms with Gasteiger partial charge < -0.3 is 60.2 Å². The molecule has 13 heteroatoms. The van der Waals surface area contributed by atoms with E-state index in [2.05, 4.69) is 0 Å². The quantitative estimate of drug-likeness (QED) is 0.193. The Hall–Kier alpha value is -4.85. The van der Waals surface area contributed by atoms with Gasteiger partial charge in [0.05, 0.1) is 18.1 Å². The average Bonchev–Trinajstić information content (AvgIpc) is 3.36. The van der Waals surface area contributed by atoms with Gasteiger partial charge in [0.2, 0.25) is 11.5 Å². The van der Waals surface area contributed by atoms with E-state index in [-0.39, 0.29) is 75.2 Å². The van der Waals surface area contributed by atoms with Gasteiger partial charge in [-0.15, -0.1) is 0 Å². The van der Waals surface area contributed by atoms with Crippen LogP contribution in [-0.2, 0) is 17.6 Å². The first kappa shape index (κ1) is 26.1. The van der Waals surface area contributed by atoms with Gasteiger partial charge in [-0.2, -0.15) is 0 Å². The highest BCUT2D eigenvalue weighted by Crippen LogP contribution is 2.61. The van der Waals surface area contributed by atoms with Crippen LogP contribution >= 0.6 is 0 Å². The van der Waals surface area contributed by atoms with E-state index in [9.17, 15) is 50.8 Å². The number of rotatable bonds is 2. The van der Waals surface area contributed by atoms with Crippen LogP contribution in [-0.4, -0.2) is 75.8 Å². The normalized spacial score (nSPS) is 28.9. The lowest BCUT2D eigenvalue weighted by Gasteiger charge is -2.36. The van der Waals surface area contributed by atoms with Crippen molar-refractivity contribution in [3.05, 3.63) is 64.2 Å². The Morgan fingerprint density at radius 1 is 0.738 bits per heavy atom. The zero-order valence-corrected chi connectivity index (χ0v) is 21.4. The summed E-state index contributed by atoms with van der Waals surface area (Å²) in [6.07, 6.45) is -4.56. The fourth-order valence-electron chi connectivity index (χ4n) is 6.36. The molecule has 0 aromatic heterocycles. The maximum Gasteiger partial charge on any atom is 0.283 e. The van der Waals surface area contributed by atoms with Crippen molar-refractivity contribution in [2.45, 2.75) is 49.0 Å². The van der Waals surface area contributed by atoms with Gasteiger partial charge in [-0.25, -0.2) is 0 Å². The van der Waals surface area contributed by atoms with Gasteiger partial charge in [0.1, 0.15) is 40.6 Å². The molecule has 1 aliphatic carbocycles. The number of aliphatic hydroxyl groups excluding tert-OH is 2. The van der Waals surface area contributed by atoms with Crippen molar-refractivity contribution >= 4 is 5.78 Å². The number of carbonyl (C=O) groups excluding carboxylic acids is 1. The topological polar surface area (TPSA) is 227 Å². The van der Waals surface area contributed by atoms with Gasteiger partial charge in [-0.05, 0) is 17.7 Å².